The third-order valence-electron chi connectivity index (χ3n) is 4.10. The number of nitrogens with zero attached hydrogens (tertiary/aromatic N) is 3. The van der Waals surface area contributed by atoms with Gasteiger partial charge in [0.25, 0.3) is 10.0 Å². The molecule has 2 rings (SSSR count). The molecule has 0 N–H and O–H groups in total. The average Bonchev–Trinajstić information content (AvgIpc) is 2.69. The molecule has 0 atom stereocenters. The molecule has 2 heterocycles. The second-order valence-electron chi connectivity index (χ2n) is 6.50. The fourth-order valence-corrected chi connectivity index (χ4v) is 4.51. The summed E-state index contributed by atoms with van der Waals surface area (Å²) in [6.45, 7) is 7.70. The quantitative estimate of drug-likeness (QED) is 0.841. The van der Waals surface area contributed by atoms with Gasteiger partial charge in [0.05, 0.1) is 6.33 Å². The highest BCUT2D eigenvalue weighted by molar-refractivity contribution is 7.89. The molecule has 114 valence electrons. The molecule has 0 amide bonds. The maximum Gasteiger partial charge on any atom is 0.263 e. The van der Waals surface area contributed by atoms with Crippen molar-refractivity contribution in [1.82, 2.24) is 13.9 Å². The number of aryl methyl sites for hydroxylation is 1. The molecular formula is C13H22ClN3O2S. The molecule has 1 aliphatic heterocycles. The zero-order chi connectivity index (χ0) is 15.1. The maximum atomic E-state index is 12.5. The van der Waals surface area contributed by atoms with E-state index in [0.29, 0.717) is 19.0 Å². The van der Waals surface area contributed by atoms with Crippen molar-refractivity contribution in [3.63, 3.8) is 0 Å². The van der Waals surface area contributed by atoms with Crippen LogP contribution in [0, 0.1) is 11.3 Å². The standard InChI is InChI=1S/C13H22ClN3O2S/c1-13(2,3)10-5-7-17(8-6-10)20(18,19)12-11(14)16(4)9-15-12/h9-10H,5-8H2,1-4H3. The third-order valence-corrected chi connectivity index (χ3v) is 6.49. The lowest BCUT2D eigenvalue weighted by atomic mass is 9.76. The van der Waals surface area contributed by atoms with Crippen LogP contribution in [0.4, 0.5) is 0 Å². The lowest BCUT2D eigenvalue weighted by molar-refractivity contribution is 0.154. The molecular weight excluding hydrogens is 298 g/mol. The second-order valence-corrected chi connectivity index (χ2v) is 8.71. The van der Waals surface area contributed by atoms with E-state index in [2.05, 4.69) is 25.8 Å². The Morgan fingerprint density at radius 3 is 2.25 bits per heavy atom. The van der Waals surface area contributed by atoms with Gasteiger partial charge < -0.3 is 4.57 Å². The smallest absolute Gasteiger partial charge is 0.263 e. The van der Waals surface area contributed by atoms with E-state index < -0.39 is 10.0 Å². The van der Waals surface area contributed by atoms with E-state index in [0.717, 1.165) is 12.8 Å². The number of sulfonamides is 1. The fraction of sp³-hybridized carbons (Fsp3) is 0.769. The van der Waals surface area contributed by atoms with E-state index in [1.165, 1.54) is 15.2 Å². The van der Waals surface area contributed by atoms with Crippen LogP contribution in [0.3, 0.4) is 0 Å². The molecule has 0 saturated carbocycles. The zero-order valence-corrected chi connectivity index (χ0v) is 14.0. The molecule has 0 radical (unpaired) electrons. The predicted octanol–water partition coefficient (Wildman–Crippen LogP) is 2.52. The Kier molecular flexibility index (Phi) is 4.19. The van der Waals surface area contributed by atoms with Crippen molar-refractivity contribution in [1.29, 1.82) is 0 Å². The largest absolute Gasteiger partial charge is 0.324 e. The summed E-state index contributed by atoms with van der Waals surface area (Å²) >= 11 is 6.01. The molecule has 0 aromatic carbocycles. The van der Waals surface area contributed by atoms with Crippen molar-refractivity contribution in [3.8, 4) is 0 Å². The lowest BCUT2D eigenvalue weighted by Crippen LogP contribution is -2.41. The first-order chi connectivity index (χ1) is 9.14. The van der Waals surface area contributed by atoms with Gasteiger partial charge in [-0.1, -0.05) is 32.4 Å². The molecule has 1 fully saturated rings. The van der Waals surface area contributed by atoms with Crippen molar-refractivity contribution in [3.05, 3.63) is 11.5 Å². The summed E-state index contributed by atoms with van der Waals surface area (Å²) in [6, 6.07) is 0. The fourth-order valence-electron chi connectivity index (χ4n) is 2.65. The Morgan fingerprint density at radius 1 is 1.30 bits per heavy atom. The van der Waals surface area contributed by atoms with Gasteiger partial charge in [0, 0.05) is 20.1 Å². The molecule has 1 aliphatic rings. The number of rotatable bonds is 2. The summed E-state index contributed by atoms with van der Waals surface area (Å²) in [5.41, 5.74) is 0.221. The highest BCUT2D eigenvalue weighted by Crippen LogP contribution is 2.36. The van der Waals surface area contributed by atoms with Gasteiger partial charge in [0.2, 0.25) is 5.03 Å². The summed E-state index contributed by atoms with van der Waals surface area (Å²) in [7, 11) is -1.89. The molecule has 1 aromatic rings. The van der Waals surface area contributed by atoms with E-state index in [1.54, 1.807) is 7.05 Å². The van der Waals surface area contributed by atoms with Crippen LogP contribution in [0.15, 0.2) is 11.4 Å². The molecule has 0 unspecified atom stereocenters. The molecule has 20 heavy (non-hydrogen) atoms. The van der Waals surface area contributed by atoms with E-state index in [1.807, 2.05) is 0 Å². The molecule has 7 heteroatoms. The summed E-state index contributed by atoms with van der Waals surface area (Å²) in [4.78, 5) is 3.93. The van der Waals surface area contributed by atoms with Crippen molar-refractivity contribution in [2.24, 2.45) is 18.4 Å². The van der Waals surface area contributed by atoms with Crippen molar-refractivity contribution in [2.45, 2.75) is 38.6 Å². The van der Waals surface area contributed by atoms with Crippen LogP contribution >= 0.6 is 11.6 Å². The van der Waals surface area contributed by atoms with Crippen LogP contribution in [0.2, 0.25) is 5.15 Å². The first kappa shape index (κ1) is 15.8. The Balaban J connectivity index is 2.16. The van der Waals surface area contributed by atoms with Gasteiger partial charge in [-0.15, -0.1) is 0 Å². The Morgan fingerprint density at radius 2 is 1.85 bits per heavy atom. The lowest BCUT2D eigenvalue weighted by Gasteiger charge is -2.37. The van der Waals surface area contributed by atoms with Crippen LogP contribution in [-0.2, 0) is 17.1 Å². The normalized spacial score (nSPS) is 19.4. The van der Waals surface area contributed by atoms with E-state index in [9.17, 15) is 8.42 Å². The monoisotopic (exact) mass is 319 g/mol. The number of hydrogen-bond donors (Lipinski definition) is 0. The number of aromatic nitrogens is 2. The van der Waals surface area contributed by atoms with E-state index in [-0.39, 0.29) is 15.6 Å². The van der Waals surface area contributed by atoms with Gasteiger partial charge in [0.1, 0.15) is 5.15 Å². The summed E-state index contributed by atoms with van der Waals surface area (Å²) in [5.74, 6) is 0.549. The molecule has 0 spiro atoms. The second kappa shape index (κ2) is 5.31. The summed E-state index contributed by atoms with van der Waals surface area (Å²) < 4.78 is 28.1. The highest BCUT2D eigenvalue weighted by Gasteiger charge is 2.36. The first-order valence-electron chi connectivity index (χ1n) is 6.81. The number of piperidine rings is 1. The first-order valence-corrected chi connectivity index (χ1v) is 8.63. The molecule has 0 aliphatic carbocycles. The molecule has 5 nitrogen and oxygen atoms in total. The Bertz CT molecular complexity index is 581. The van der Waals surface area contributed by atoms with Crippen LogP contribution < -0.4 is 0 Å². The summed E-state index contributed by atoms with van der Waals surface area (Å²) in [6.07, 6.45) is 3.19. The minimum absolute atomic E-state index is 0.0316. The third kappa shape index (κ3) is 2.87. The van der Waals surface area contributed by atoms with Gasteiger partial charge in [-0.2, -0.15) is 4.31 Å². The van der Waals surface area contributed by atoms with Crippen LogP contribution in [0.5, 0.6) is 0 Å². The minimum Gasteiger partial charge on any atom is -0.324 e. The van der Waals surface area contributed by atoms with Gasteiger partial charge in [-0.05, 0) is 24.2 Å². The molecule has 1 saturated heterocycles. The summed E-state index contributed by atoms with van der Waals surface area (Å²) in [5, 5.41) is 0.138. The van der Waals surface area contributed by atoms with Crippen LogP contribution in [0.1, 0.15) is 33.6 Å². The zero-order valence-electron chi connectivity index (χ0n) is 12.4. The van der Waals surface area contributed by atoms with Crippen LogP contribution in [-0.4, -0.2) is 35.4 Å². The van der Waals surface area contributed by atoms with Gasteiger partial charge >= 0.3 is 0 Å². The van der Waals surface area contributed by atoms with Gasteiger partial charge in [0.15, 0.2) is 0 Å². The van der Waals surface area contributed by atoms with Crippen molar-refractivity contribution in [2.75, 3.05) is 13.1 Å². The maximum absolute atomic E-state index is 12.5. The Labute approximate surface area is 126 Å². The molecule has 1 aromatic heterocycles. The topological polar surface area (TPSA) is 55.2 Å². The SMILES string of the molecule is Cn1cnc(S(=O)(=O)N2CCC(C(C)(C)C)CC2)c1Cl. The van der Waals surface area contributed by atoms with Crippen molar-refractivity contribution < 1.29 is 8.42 Å². The highest BCUT2D eigenvalue weighted by atomic mass is 35.5. The van der Waals surface area contributed by atoms with Crippen molar-refractivity contribution >= 4 is 21.6 Å². The number of imidazole rings is 1. The minimum atomic E-state index is -3.57. The van der Waals surface area contributed by atoms with Crippen LogP contribution in [0.25, 0.3) is 0 Å². The van der Waals surface area contributed by atoms with Gasteiger partial charge in [-0.3, -0.25) is 0 Å². The number of hydrogen-bond acceptors (Lipinski definition) is 3. The predicted molar refractivity (Wildman–Crippen MR) is 79.2 cm³/mol. The average molecular weight is 320 g/mol. The van der Waals surface area contributed by atoms with E-state index >= 15 is 0 Å². The van der Waals surface area contributed by atoms with E-state index in [4.69, 9.17) is 11.6 Å². The number of halogens is 1. The molecule has 0 bridgehead atoms. The van der Waals surface area contributed by atoms with Gasteiger partial charge in [-0.25, -0.2) is 13.4 Å². The Hall–Kier alpha value is -0.590.